The van der Waals surface area contributed by atoms with Crippen LogP contribution >= 0.6 is 0 Å². The Morgan fingerprint density at radius 2 is 2.33 bits per heavy atom. The van der Waals surface area contributed by atoms with E-state index in [0.717, 1.165) is 19.4 Å². The van der Waals surface area contributed by atoms with Crippen molar-refractivity contribution in [1.82, 2.24) is 0 Å². The first-order valence-corrected chi connectivity index (χ1v) is 8.74. The van der Waals surface area contributed by atoms with E-state index < -0.39 is 10.8 Å². The highest BCUT2D eigenvalue weighted by Crippen LogP contribution is 2.14. The lowest BCUT2D eigenvalue weighted by Gasteiger charge is -2.09. The van der Waals surface area contributed by atoms with Crippen molar-refractivity contribution in [3.05, 3.63) is 24.3 Å². The molecule has 0 aliphatic carbocycles. The Kier molecular flexibility index (Phi) is 6.20. The Morgan fingerprint density at radius 3 is 3.05 bits per heavy atom. The van der Waals surface area contributed by atoms with Crippen LogP contribution in [0.15, 0.2) is 24.3 Å². The fourth-order valence-corrected chi connectivity index (χ4v) is 3.61. The molecule has 21 heavy (non-hydrogen) atoms. The molecule has 0 saturated carbocycles. The first-order valence-electron chi connectivity index (χ1n) is 7.25. The molecule has 0 spiro atoms. The number of carbonyl (C=O) groups is 1. The number of nitrogen functional groups attached to an aromatic ring is 1. The second-order valence-electron chi connectivity index (χ2n) is 5.22. The van der Waals surface area contributed by atoms with Gasteiger partial charge in [0, 0.05) is 46.7 Å². The van der Waals surface area contributed by atoms with E-state index in [1.807, 2.05) is 0 Å². The number of carbonyl (C=O) groups excluding carboxylic acids is 1. The smallest absolute Gasteiger partial charge is 0.224 e. The summed E-state index contributed by atoms with van der Waals surface area (Å²) in [4.78, 5) is 11.8. The van der Waals surface area contributed by atoms with Gasteiger partial charge in [0.1, 0.15) is 0 Å². The Bertz CT molecular complexity index is 501. The van der Waals surface area contributed by atoms with E-state index in [2.05, 4.69) is 5.32 Å². The quantitative estimate of drug-likeness (QED) is 0.754. The third-order valence-corrected chi connectivity index (χ3v) is 4.83. The van der Waals surface area contributed by atoms with Crippen molar-refractivity contribution in [1.29, 1.82) is 0 Å². The molecule has 116 valence electrons. The Morgan fingerprint density at radius 1 is 1.48 bits per heavy atom. The highest BCUT2D eigenvalue weighted by Gasteiger charge is 2.18. The molecule has 2 atom stereocenters. The van der Waals surface area contributed by atoms with Crippen LogP contribution in [-0.2, 0) is 20.3 Å². The number of anilines is 2. The van der Waals surface area contributed by atoms with Crippen LogP contribution < -0.4 is 11.1 Å². The van der Waals surface area contributed by atoms with Gasteiger partial charge in [-0.25, -0.2) is 0 Å². The maximum absolute atomic E-state index is 11.9. The molecule has 1 aliphatic rings. The van der Waals surface area contributed by atoms with Gasteiger partial charge in [-0.05, 0) is 37.5 Å². The number of nitrogens with two attached hydrogens (primary N) is 1. The highest BCUT2D eigenvalue weighted by atomic mass is 32.2. The fraction of sp³-hybridized carbons (Fsp3) is 0.533. The predicted molar refractivity (Wildman–Crippen MR) is 85.6 cm³/mol. The van der Waals surface area contributed by atoms with Gasteiger partial charge in [-0.15, -0.1) is 0 Å². The minimum absolute atomic E-state index is 0.0743. The molecule has 1 heterocycles. The standard InChI is InChI=1S/C15H22N2O3S/c16-12-4-1-5-13(10-12)17-15(18)7-3-9-21(19)11-14-6-2-8-20-14/h1,4-5,10,14H,2-3,6-9,11,16H2,(H,17,18). The summed E-state index contributed by atoms with van der Waals surface area (Å²) in [6.45, 7) is 0.782. The molecule has 2 unspecified atom stereocenters. The molecule has 1 aromatic carbocycles. The van der Waals surface area contributed by atoms with E-state index in [1.54, 1.807) is 24.3 Å². The van der Waals surface area contributed by atoms with Crippen LogP contribution in [0.4, 0.5) is 11.4 Å². The normalized spacial score (nSPS) is 19.3. The molecular weight excluding hydrogens is 288 g/mol. The summed E-state index contributed by atoms with van der Waals surface area (Å²) in [7, 11) is -0.901. The monoisotopic (exact) mass is 310 g/mol. The van der Waals surface area contributed by atoms with Crippen LogP contribution in [0.2, 0.25) is 0 Å². The van der Waals surface area contributed by atoms with Crippen LogP contribution in [0, 0.1) is 0 Å². The summed E-state index contributed by atoms with van der Waals surface area (Å²) in [6.07, 6.45) is 3.19. The molecule has 6 heteroatoms. The van der Waals surface area contributed by atoms with Crippen LogP contribution in [0.25, 0.3) is 0 Å². The molecule has 1 saturated heterocycles. The molecule has 1 aliphatic heterocycles. The molecule has 0 aromatic heterocycles. The average Bonchev–Trinajstić information content (AvgIpc) is 2.91. The molecule has 1 fully saturated rings. The summed E-state index contributed by atoms with van der Waals surface area (Å²) >= 11 is 0. The van der Waals surface area contributed by atoms with Gasteiger partial charge in [-0.3, -0.25) is 9.00 Å². The Hall–Kier alpha value is -1.40. The number of amides is 1. The predicted octanol–water partition coefficient (Wildman–Crippen LogP) is 1.92. The molecule has 0 radical (unpaired) electrons. The summed E-state index contributed by atoms with van der Waals surface area (Å²) in [5.41, 5.74) is 6.96. The number of hydrogen-bond donors (Lipinski definition) is 2. The lowest BCUT2D eigenvalue weighted by Crippen LogP contribution is -2.18. The first kappa shape index (κ1) is 16.0. The van der Waals surface area contributed by atoms with E-state index in [-0.39, 0.29) is 12.0 Å². The van der Waals surface area contributed by atoms with Gasteiger partial charge in [0.2, 0.25) is 5.91 Å². The largest absolute Gasteiger partial charge is 0.399 e. The van der Waals surface area contributed by atoms with E-state index in [0.29, 0.717) is 35.7 Å². The Labute approximate surface area is 127 Å². The van der Waals surface area contributed by atoms with Crippen LogP contribution in [0.5, 0.6) is 0 Å². The summed E-state index contributed by atoms with van der Waals surface area (Å²) in [5.74, 6) is 1.07. The average molecular weight is 310 g/mol. The summed E-state index contributed by atoms with van der Waals surface area (Å²) < 4.78 is 17.3. The zero-order valence-corrected chi connectivity index (χ0v) is 12.9. The number of ether oxygens (including phenoxy) is 1. The van der Waals surface area contributed by atoms with E-state index in [4.69, 9.17) is 10.5 Å². The SMILES string of the molecule is Nc1cccc(NC(=O)CCCS(=O)CC2CCCO2)c1. The van der Waals surface area contributed by atoms with Crippen molar-refractivity contribution in [3.8, 4) is 0 Å². The lowest BCUT2D eigenvalue weighted by molar-refractivity contribution is -0.116. The van der Waals surface area contributed by atoms with Crippen molar-refractivity contribution in [3.63, 3.8) is 0 Å². The molecule has 1 aromatic rings. The van der Waals surface area contributed by atoms with Gasteiger partial charge < -0.3 is 15.8 Å². The molecule has 2 rings (SSSR count). The van der Waals surface area contributed by atoms with Gasteiger partial charge in [0.15, 0.2) is 0 Å². The van der Waals surface area contributed by atoms with Gasteiger partial charge in [0.05, 0.1) is 6.10 Å². The van der Waals surface area contributed by atoms with Crippen LogP contribution in [0.1, 0.15) is 25.7 Å². The topological polar surface area (TPSA) is 81.4 Å². The van der Waals surface area contributed by atoms with Crippen molar-refractivity contribution in [2.75, 3.05) is 29.2 Å². The van der Waals surface area contributed by atoms with Crippen LogP contribution in [0.3, 0.4) is 0 Å². The van der Waals surface area contributed by atoms with Crippen molar-refractivity contribution >= 4 is 28.1 Å². The van der Waals surface area contributed by atoms with Gasteiger partial charge in [0.25, 0.3) is 0 Å². The zero-order valence-electron chi connectivity index (χ0n) is 12.0. The van der Waals surface area contributed by atoms with Crippen LogP contribution in [-0.4, -0.2) is 34.3 Å². The fourth-order valence-electron chi connectivity index (χ4n) is 2.30. The zero-order chi connectivity index (χ0) is 15.1. The lowest BCUT2D eigenvalue weighted by atomic mass is 10.2. The maximum atomic E-state index is 11.9. The maximum Gasteiger partial charge on any atom is 0.224 e. The second kappa shape index (κ2) is 8.14. The number of hydrogen-bond acceptors (Lipinski definition) is 4. The van der Waals surface area contributed by atoms with Gasteiger partial charge >= 0.3 is 0 Å². The van der Waals surface area contributed by atoms with Crippen molar-refractivity contribution in [2.45, 2.75) is 31.8 Å². The number of benzene rings is 1. The number of rotatable bonds is 7. The van der Waals surface area contributed by atoms with E-state index >= 15 is 0 Å². The van der Waals surface area contributed by atoms with Crippen molar-refractivity contribution < 1.29 is 13.7 Å². The summed E-state index contributed by atoms with van der Waals surface area (Å²) in [6, 6.07) is 7.07. The van der Waals surface area contributed by atoms with E-state index in [9.17, 15) is 9.00 Å². The van der Waals surface area contributed by atoms with Gasteiger partial charge in [-0.2, -0.15) is 0 Å². The van der Waals surface area contributed by atoms with Crippen molar-refractivity contribution in [2.24, 2.45) is 0 Å². The minimum Gasteiger partial charge on any atom is -0.399 e. The van der Waals surface area contributed by atoms with E-state index in [1.165, 1.54) is 0 Å². The number of nitrogens with one attached hydrogen (secondary N) is 1. The third-order valence-electron chi connectivity index (χ3n) is 3.34. The third kappa shape index (κ3) is 5.85. The molecular formula is C15H22N2O3S. The minimum atomic E-state index is -0.901. The molecule has 3 N–H and O–H groups in total. The molecule has 1 amide bonds. The Balaban J connectivity index is 1.63. The highest BCUT2D eigenvalue weighted by molar-refractivity contribution is 7.85. The molecule has 5 nitrogen and oxygen atoms in total. The summed E-state index contributed by atoms with van der Waals surface area (Å²) in [5, 5.41) is 2.79. The second-order valence-corrected chi connectivity index (χ2v) is 6.84. The molecule has 0 bridgehead atoms. The van der Waals surface area contributed by atoms with Gasteiger partial charge in [-0.1, -0.05) is 6.07 Å². The first-order chi connectivity index (χ1) is 10.1.